The normalized spacial score (nSPS) is 10.8. The number of aryl methyl sites for hydroxylation is 1. The van der Waals surface area contributed by atoms with Crippen molar-refractivity contribution in [2.75, 3.05) is 24.9 Å². The van der Waals surface area contributed by atoms with Gasteiger partial charge >= 0.3 is 0 Å². The monoisotopic (exact) mass is 354 g/mol. The van der Waals surface area contributed by atoms with E-state index in [1.54, 1.807) is 12.1 Å². The van der Waals surface area contributed by atoms with Crippen molar-refractivity contribution in [3.8, 4) is 5.75 Å². The first-order chi connectivity index (χ1) is 10.8. The third-order valence-electron chi connectivity index (χ3n) is 2.81. The Kier molecular flexibility index (Phi) is 8.16. The van der Waals surface area contributed by atoms with Gasteiger partial charge in [0.05, 0.1) is 17.4 Å². The average molecular weight is 354 g/mol. The number of ether oxygens (including phenoxy) is 1. The summed E-state index contributed by atoms with van der Waals surface area (Å²) in [5.74, 6) is 2.12. The van der Waals surface area contributed by atoms with Crippen LogP contribution < -0.4 is 4.74 Å². The van der Waals surface area contributed by atoms with Crippen LogP contribution in [0.3, 0.4) is 0 Å². The molecule has 0 spiro atoms. The minimum absolute atomic E-state index is 0.178. The van der Waals surface area contributed by atoms with Crippen LogP contribution >= 0.6 is 0 Å². The van der Waals surface area contributed by atoms with Gasteiger partial charge in [-0.25, -0.2) is 8.42 Å². The molecule has 0 N–H and O–H groups in total. The van der Waals surface area contributed by atoms with Gasteiger partial charge in [-0.05, 0) is 42.1 Å². The van der Waals surface area contributed by atoms with E-state index >= 15 is 0 Å². The molecule has 0 radical (unpaired) electrons. The fourth-order valence-corrected chi connectivity index (χ4v) is 2.43. The Morgan fingerprint density at radius 1 is 1.00 bits per heavy atom. The highest BCUT2D eigenvalue weighted by molar-refractivity contribution is 7.95. The second kappa shape index (κ2) is 9.60. The molecule has 2 rings (SSSR count). The molecule has 6 heteroatoms. The summed E-state index contributed by atoms with van der Waals surface area (Å²) in [6.07, 6.45) is 4.46. The third kappa shape index (κ3) is 8.64. The Hall–Kier alpha value is -1.50. The first-order valence-corrected chi connectivity index (χ1v) is 10.7. The van der Waals surface area contributed by atoms with E-state index in [0.717, 1.165) is 23.7 Å². The Bertz CT molecular complexity index is 665. The van der Waals surface area contributed by atoms with Crippen LogP contribution in [0.1, 0.15) is 5.56 Å². The first kappa shape index (κ1) is 19.5. The molecule has 126 valence electrons. The molecule has 2 aromatic rings. The molecule has 2 aromatic carbocycles. The molecule has 4 nitrogen and oxygen atoms in total. The number of hydrogen-bond acceptors (Lipinski definition) is 4. The van der Waals surface area contributed by atoms with Crippen molar-refractivity contribution in [1.82, 2.24) is 0 Å². The van der Waals surface area contributed by atoms with Crippen LogP contribution in [0, 0.1) is 6.92 Å². The van der Waals surface area contributed by atoms with E-state index in [0.29, 0.717) is 10.9 Å². The van der Waals surface area contributed by atoms with E-state index in [1.165, 1.54) is 12.1 Å². The second-order valence-electron chi connectivity index (χ2n) is 5.12. The molecule has 0 unspecified atom stereocenters. The molecule has 0 atom stereocenters. The van der Waals surface area contributed by atoms with Crippen molar-refractivity contribution < 1.29 is 17.7 Å². The van der Waals surface area contributed by atoms with E-state index < -0.39 is 10.1 Å². The van der Waals surface area contributed by atoms with E-state index in [-0.39, 0.29) is 4.90 Å². The van der Waals surface area contributed by atoms with Gasteiger partial charge in [-0.1, -0.05) is 35.9 Å². The van der Waals surface area contributed by atoms with Gasteiger partial charge in [-0.2, -0.15) is 0 Å². The van der Waals surface area contributed by atoms with Gasteiger partial charge in [0.2, 0.25) is 0 Å². The van der Waals surface area contributed by atoms with Crippen LogP contribution in [0.25, 0.3) is 0 Å². The first-order valence-electron chi connectivity index (χ1n) is 7.03. The zero-order chi connectivity index (χ0) is 17.3. The van der Waals surface area contributed by atoms with E-state index in [4.69, 9.17) is 4.74 Å². The lowest BCUT2D eigenvalue weighted by atomic mass is 10.2. The quantitative estimate of drug-likeness (QED) is 0.612. The Morgan fingerprint density at radius 3 is 2.04 bits per heavy atom. The van der Waals surface area contributed by atoms with Crippen LogP contribution in [0.2, 0.25) is 0 Å². The highest BCUT2D eigenvalue weighted by atomic mass is 32.2. The van der Waals surface area contributed by atoms with Crippen LogP contribution in [0.15, 0.2) is 59.5 Å². The van der Waals surface area contributed by atoms with Gasteiger partial charge in [0.25, 0.3) is 0 Å². The zero-order valence-electron chi connectivity index (χ0n) is 13.6. The maximum Gasteiger partial charge on any atom is 0.141 e. The Morgan fingerprint density at radius 2 is 1.57 bits per heavy atom. The lowest BCUT2D eigenvalue weighted by Gasteiger charge is -2.05. The smallest absolute Gasteiger partial charge is 0.141 e. The predicted molar refractivity (Wildman–Crippen MR) is 95.2 cm³/mol. The van der Waals surface area contributed by atoms with Crippen LogP contribution in [0.5, 0.6) is 5.75 Å². The van der Waals surface area contributed by atoms with Gasteiger partial charge in [0, 0.05) is 0 Å². The number of benzene rings is 2. The molecular formula is C17H22O4S2. The Labute approximate surface area is 141 Å². The van der Waals surface area contributed by atoms with Gasteiger partial charge in [0.15, 0.2) is 0 Å². The SMILES string of the molecule is C[S+](C)CCOc1ccccc1.Cc1ccc(S(=O)(=O)[O-])cc1. The topological polar surface area (TPSA) is 66.4 Å². The lowest BCUT2D eigenvalue weighted by Crippen LogP contribution is -2.11. The summed E-state index contributed by atoms with van der Waals surface area (Å²) in [6, 6.07) is 15.7. The molecule has 0 saturated carbocycles. The lowest BCUT2D eigenvalue weighted by molar-refractivity contribution is 0.343. The molecule has 0 saturated heterocycles. The molecule has 0 aliphatic heterocycles. The molecule has 0 aromatic heterocycles. The number of hydrogen-bond donors (Lipinski definition) is 0. The number of rotatable bonds is 5. The van der Waals surface area contributed by atoms with Crippen molar-refractivity contribution in [3.05, 3.63) is 60.2 Å². The van der Waals surface area contributed by atoms with E-state index in [2.05, 4.69) is 12.5 Å². The third-order valence-corrected chi connectivity index (χ3v) is 4.65. The van der Waals surface area contributed by atoms with Gasteiger partial charge in [-0.15, -0.1) is 0 Å². The molecule has 0 aliphatic carbocycles. The maximum absolute atomic E-state index is 10.4. The highest BCUT2D eigenvalue weighted by Crippen LogP contribution is 2.08. The summed E-state index contributed by atoms with van der Waals surface area (Å²) >= 11 is 0. The summed E-state index contributed by atoms with van der Waals surface area (Å²) in [4.78, 5) is -0.178. The van der Waals surface area contributed by atoms with Crippen molar-refractivity contribution in [3.63, 3.8) is 0 Å². The van der Waals surface area contributed by atoms with Crippen molar-refractivity contribution in [2.24, 2.45) is 0 Å². The van der Waals surface area contributed by atoms with Crippen LogP contribution in [-0.2, 0) is 21.0 Å². The number of para-hydroxylation sites is 1. The molecule has 23 heavy (non-hydrogen) atoms. The van der Waals surface area contributed by atoms with Crippen molar-refractivity contribution >= 4 is 21.0 Å². The zero-order valence-corrected chi connectivity index (χ0v) is 15.2. The maximum atomic E-state index is 10.4. The average Bonchev–Trinajstić information content (AvgIpc) is 2.48. The summed E-state index contributed by atoms with van der Waals surface area (Å²) in [7, 11) is -3.78. The van der Waals surface area contributed by atoms with Crippen LogP contribution in [-0.4, -0.2) is 37.8 Å². The molecule has 0 aliphatic rings. The predicted octanol–water partition coefficient (Wildman–Crippen LogP) is 2.84. The van der Waals surface area contributed by atoms with E-state index in [9.17, 15) is 13.0 Å². The summed E-state index contributed by atoms with van der Waals surface area (Å²) in [5, 5.41) is 0. The van der Waals surface area contributed by atoms with Gasteiger partial charge in [-0.3, -0.25) is 0 Å². The largest absolute Gasteiger partial charge is 0.744 e. The fourth-order valence-electron chi connectivity index (χ4n) is 1.55. The van der Waals surface area contributed by atoms with Crippen molar-refractivity contribution in [2.45, 2.75) is 11.8 Å². The van der Waals surface area contributed by atoms with E-state index in [1.807, 2.05) is 37.3 Å². The van der Waals surface area contributed by atoms with Gasteiger partial charge < -0.3 is 9.29 Å². The highest BCUT2D eigenvalue weighted by Gasteiger charge is 2.01. The van der Waals surface area contributed by atoms with Crippen LogP contribution in [0.4, 0.5) is 0 Å². The summed E-state index contributed by atoms with van der Waals surface area (Å²) in [6.45, 7) is 2.65. The minimum atomic E-state index is -4.27. The van der Waals surface area contributed by atoms with Crippen molar-refractivity contribution in [1.29, 1.82) is 0 Å². The molecule has 0 fully saturated rings. The molecule has 0 bridgehead atoms. The summed E-state index contributed by atoms with van der Waals surface area (Å²) < 4.78 is 36.7. The minimum Gasteiger partial charge on any atom is -0.744 e. The fraction of sp³-hybridized carbons (Fsp3) is 0.294. The standard InChI is InChI=1S/C10H15OS.C7H8O3S/c1-12(2)9-8-11-10-6-4-3-5-7-10;1-6-2-4-7(5-3-6)11(8,9)10/h3-7H,8-9H2,1-2H3;2-5H,1H3,(H,8,9,10)/q+1;/p-1. The second-order valence-corrected chi connectivity index (χ2v) is 8.88. The summed E-state index contributed by atoms with van der Waals surface area (Å²) in [5.41, 5.74) is 0.928. The Balaban J connectivity index is 0.000000231. The molecule has 0 amide bonds. The van der Waals surface area contributed by atoms with Gasteiger partial charge in [0.1, 0.15) is 28.2 Å². The molecular weight excluding hydrogens is 332 g/mol. The molecule has 0 heterocycles.